The molecule has 3 atom stereocenters. The highest BCUT2D eigenvalue weighted by molar-refractivity contribution is 5.71. The Morgan fingerprint density at radius 3 is 2.37 bits per heavy atom. The van der Waals surface area contributed by atoms with Crippen LogP contribution in [0.25, 0.3) is 0 Å². The quantitative estimate of drug-likeness (QED) is 0.767. The molecule has 0 spiro atoms. The maximum atomic E-state index is 11.5. The minimum absolute atomic E-state index is 0.162. The molecular weight excluding hydrogens is 238 g/mol. The number of hydrogen-bond donors (Lipinski definition) is 1. The summed E-state index contributed by atoms with van der Waals surface area (Å²) in [5.41, 5.74) is 0. The molecule has 1 fully saturated rings. The zero-order chi connectivity index (χ0) is 14.4. The van der Waals surface area contributed by atoms with Crippen molar-refractivity contribution in [3.05, 3.63) is 0 Å². The number of rotatable bonds is 7. The van der Waals surface area contributed by atoms with Gasteiger partial charge in [-0.2, -0.15) is 0 Å². The molecule has 0 amide bonds. The summed E-state index contributed by atoms with van der Waals surface area (Å²) in [5.74, 6) is 0.605. The Labute approximate surface area is 118 Å². The molecule has 0 aromatic carbocycles. The Morgan fingerprint density at radius 1 is 1.26 bits per heavy atom. The van der Waals surface area contributed by atoms with Crippen LogP contribution in [0, 0.1) is 17.8 Å². The fourth-order valence-corrected chi connectivity index (χ4v) is 3.42. The van der Waals surface area contributed by atoms with Gasteiger partial charge in [0.2, 0.25) is 0 Å². The van der Waals surface area contributed by atoms with E-state index in [9.17, 15) is 9.90 Å². The topological polar surface area (TPSA) is 40.5 Å². The first-order valence-electron chi connectivity index (χ1n) is 8.00. The number of nitrogens with zero attached hydrogens (tertiary/aromatic N) is 1. The van der Waals surface area contributed by atoms with E-state index in [-0.39, 0.29) is 12.0 Å². The summed E-state index contributed by atoms with van der Waals surface area (Å²) in [5, 5.41) is 9.46. The summed E-state index contributed by atoms with van der Waals surface area (Å²) in [6.45, 7) is 10.9. The fraction of sp³-hybridized carbons (Fsp3) is 0.938. The molecule has 19 heavy (non-hydrogen) atoms. The van der Waals surface area contributed by atoms with Crippen LogP contribution in [0.1, 0.15) is 59.8 Å². The molecule has 3 heteroatoms. The molecule has 1 N–H and O–H groups in total. The van der Waals surface area contributed by atoms with Gasteiger partial charge in [-0.15, -0.1) is 0 Å². The minimum atomic E-state index is -0.597. The molecule has 1 aliphatic rings. The van der Waals surface area contributed by atoms with Crippen LogP contribution < -0.4 is 0 Å². The molecule has 3 nitrogen and oxygen atoms in total. The third kappa shape index (κ3) is 4.48. The Hall–Kier alpha value is -0.570. The Balaban J connectivity index is 2.76. The number of aliphatic carboxylic acids is 1. The van der Waals surface area contributed by atoms with E-state index in [0.29, 0.717) is 11.8 Å². The van der Waals surface area contributed by atoms with Crippen LogP contribution >= 0.6 is 0 Å². The first-order chi connectivity index (χ1) is 9.03. The van der Waals surface area contributed by atoms with E-state index in [4.69, 9.17) is 0 Å². The van der Waals surface area contributed by atoms with E-state index in [0.717, 1.165) is 32.4 Å². The fourth-order valence-electron chi connectivity index (χ4n) is 3.42. The molecule has 0 heterocycles. The van der Waals surface area contributed by atoms with E-state index in [2.05, 4.69) is 32.6 Å². The Kier molecular flexibility index (Phi) is 6.84. The molecule has 1 aliphatic carbocycles. The summed E-state index contributed by atoms with van der Waals surface area (Å²) in [6.07, 6.45) is 5.33. The number of carboxylic acids is 1. The van der Waals surface area contributed by atoms with Gasteiger partial charge in [0.1, 0.15) is 0 Å². The van der Waals surface area contributed by atoms with Crippen LogP contribution in [0.3, 0.4) is 0 Å². The lowest BCUT2D eigenvalue weighted by atomic mass is 9.78. The zero-order valence-electron chi connectivity index (χ0n) is 13.1. The van der Waals surface area contributed by atoms with Crippen molar-refractivity contribution in [2.24, 2.45) is 17.8 Å². The SMILES string of the molecule is CCC(CC)CN(CC)C1CC(C)CCC1C(=O)O. The summed E-state index contributed by atoms with van der Waals surface area (Å²) < 4.78 is 0. The lowest BCUT2D eigenvalue weighted by Gasteiger charge is -2.41. The maximum absolute atomic E-state index is 11.5. The molecule has 0 saturated heterocycles. The van der Waals surface area contributed by atoms with Crippen molar-refractivity contribution >= 4 is 5.97 Å². The Bertz CT molecular complexity index is 276. The average molecular weight is 269 g/mol. The lowest BCUT2D eigenvalue weighted by Crippen LogP contribution is -2.48. The number of carboxylic acid groups (broad SMARTS) is 1. The molecule has 0 bridgehead atoms. The van der Waals surface area contributed by atoms with Crippen LogP contribution in [0.4, 0.5) is 0 Å². The van der Waals surface area contributed by atoms with E-state index in [1.165, 1.54) is 12.8 Å². The van der Waals surface area contributed by atoms with Gasteiger partial charge in [-0.25, -0.2) is 0 Å². The second-order valence-corrected chi connectivity index (χ2v) is 6.20. The predicted molar refractivity (Wildman–Crippen MR) is 79.2 cm³/mol. The van der Waals surface area contributed by atoms with E-state index < -0.39 is 5.97 Å². The molecule has 0 aromatic rings. The highest BCUT2D eigenvalue weighted by atomic mass is 16.4. The second-order valence-electron chi connectivity index (χ2n) is 6.20. The van der Waals surface area contributed by atoms with Crippen molar-refractivity contribution in [3.8, 4) is 0 Å². The highest BCUT2D eigenvalue weighted by Crippen LogP contribution is 2.33. The van der Waals surface area contributed by atoms with Gasteiger partial charge in [0.05, 0.1) is 5.92 Å². The van der Waals surface area contributed by atoms with Crippen LogP contribution in [0.2, 0.25) is 0 Å². The monoisotopic (exact) mass is 269 g/mol. The van der Waals surface area contributed by atoms with E-state index in [1.807, 2.05) is 0 Å². The molecule has 1 rings (SSSR count). The summed E-state index contributed by atoms with van der Waals surface area (Å²) in [6, 6.07) is 0.242. The highest BCUT2D eigenvalue weighted by Gasteiger charge is 2.37. The van der Waals surface area contributed by atoms with Gasteiger partial charge in [-0.1, -0.05) is 40.5 Å². The largest absolute Gasteiger partial charge is 0.481 e. The van der Waals surface area contributed by atoms with Gasteiger partial charge in [0, 0.05) is 12.6 Å². The van der Waals surface area contributed by atoms with Gasteiger partial charge in [-0.05, 0) is 37.6 Å². The number of hydrogen-bond acceptors (Lipinski definition) is 2. The van der Waals surface area contributed by atoms with Crippen molar-refractivity contribution < 1.29 is 9.90 Å². The Morgan fingerprint density at radius 2 is 1.89 bits per heavy atom. The lowest BCUT2D eigenvalue weighted by molar-refractivity contribution is -0.146. The minimum Gasteiger partial charge on any atom is -0.481 e. The third-order valence-corrected chi connectivity index (χ3v) is 4.92. The molecule has 112 valence electrons. The van der Waals surface area contributed by atoms with Crippen LogP contribution in [0.15, 0.2) is 0 Å². The van der Waals surface area contributed by atoms with Crippen LogP contribution in [-0.2, 0) is 4.79 Å². The molecule has 3 unspecified atom stereocenters. The normalized spacial score (nSPS) is 28.0. The summed E-state index contributed by atoms with van der Waals surface area (Å²) >= 11 is 0. The van der Waals surface area contributed by atoms with Gasteiger partial charge < -0.3 is 5.11 Å². The molecular formula is C16H31NO2. The van der Waals surface area contributed by atoms with Gasteiger partial charge in [0.25, 0.3) is 0 Å². The van der Waals surface area contributed by atoms with Crippen molar-refractivity contribution in [3.63, 3.8) is 0 Å². The first-order valence-corrected chi connectivity index (χ1v) is 8.00. The molecule has 0 aliphatic heterocycles. The van der Waals surface area contributed by atoms with Crippen molar-refractivity contribution in [1.82, 2.24) is 4.90 Å². The van der Waals surface area contributed by atoms with E-state index >= 15 is 0 Å². The smallest absolute Gasteiger partial charge is 0.308 e. The standard InChI is InChI=1S/C16H31NO2/c1-5-13(6-2)11-17(7-3)15-10-12(4)8-9-14(15)16(18)19/h12-15H,5-11H2,1-4H3,(H,18,19). The molecule has 0 aromatic heterocycles. The average Bonchev–Trinajstić information content (AvgIpc) is 2.40. The second kappa shape index (κ2) is 7.88. The van der Waals surface area contributed by atoms with Crippen molar-refractivity contribution in [2.45, 2.75) is 65.8 Å². The number of carbonyl (C=O) groups is 1. The maximum Gasteiger partial charge on any atom is 0.308 e. The first kappa shape index (κ1) is 16.5. The van der Waals surface area contributed by atoms with Crippen LogP contribution in [-0.4, -0.2) is 35.1 Å². The van der Waals surface area contributed by atoms with Gasteiger partial charge in [-0.3, -0.25) is 9.69 Å². The van der Waals surface area contributed by atoms with Crippen LogP contribution in [0.5, 0.6) is 0 Å². The molecule has 0 radical (unpaired) electrons. The van der Waals surface area contributed by atoms with Crippen molar-refractivity contribution in [2.75, 3.05) is 13.1 Å². The van der Waals surface area contributed by atoms with Gasteiger partial charge >= 0.3 is 5.97 Å². The zero-order valence-corrected chi connectivity index (χ0v) is 13.1. The van der Waals surface area contributed by atoms with Crippen molar-refractivity contribution in [1.29, 1.82) is 0 Å². The predicted octanol–water partition coefficient (Wildman–Crippen LogP) is 3.63. The molecule has 1 saturated carbocycles. The third-order valence-electron chi connectivity index (χ3n) is 4.92. The summed E-state index contributed by atoms with van der Waals surface area (Å²) in [7, 11) is 0. The van der Waals surface area contributed by atoms with E-state index in [1.54, 1.807) is 0 Å². The van der Waals surface area contributed by atoms with Gasteiger partial charge in [0.15, 0.2) is 0 Å². The summed E-state index contributed by atoms with van der Waals surface area (Å²) in [4.78, 5) is 13.9.